The zero-order valence-electron chi connectivity index (χ0n) is 29.9. The lowest BCUT2D eigenvalue weighted by atomic mass is 9.94. The summed E-state index contributed by atoms with van der Waals surface area (Å²) >= 11 is 1.87. The minimum Gasteiger partial charge on any atom is -0.310 e. The molecule has 0 spiro atoms. The molecule has 0 N–H and O–H groups in total. The number of anilines is 3. The highest BCUT2D eigenvalue weighted by Crippen LogP contribution is 2.44. The normalized spacial score (nSPS) is 11.6. The predicted octanol–water partition coefficient (Wildman–Crippen LogP) is 15.1. The van der Waals surface area contributed by atoms with Gasteiger partial charge in [-0.3, -0.25) is 0 Å². The average Bonchev–Trinajstić information content (AvgIpc) is 3.80. The van der Waals surface area contributed by atoms with Gasteiger partial charge in [-0.15, -0.1) is 11.3 Å². The molecule has 0 aliphatic heterocycles. The SMILES string of the molecule is c1ccc(-c2ccc(N(c3ccc(-c4cccc5ccc6sc7ccccc7c6c45)cc3)c3ccc4c5ccccc5n(-c5ccccc5)c4c3)cc2)cc1. The van der Waals surface area contributed by atoms with Gasteiger partial charge in [0.05, 0.1) is 11.0 Å². The van der Waals surface area contributed by atoms with Crippen molar-refractivity contribution in [1.29, 1.82) is 0 Å². The van der Waals surface area contributed by atoms with E-state index in [-0.39, 0.29) is 0 Å². The van der Waals surface area contributed by atoms with Crippen LogP contribution in [-0.4, -0.2) is 4.57 Å². The molecule has 0 aliphatic rings. The fraction of sp³-hybridized carbons (Fsp3) is 0. The summed E-state index contributed by atoms with van der Waals surface area (Å²) in [6, 6.07) is 75.1. The molecule has 2 heterocycles. The van der Waals surface area contributed by atoms with E-state index in [0.29, 0.717) is 0 Å². The van der Waals surface area contributed by atoms with E-state index >= 15 is 0 Å². The highest BCUT2D eigenvalue weighted by Gasteiger charge is 2.19. The monoisotopic (exact) mass is 718 g/mol. The van der Waals surface area contributed by atoms with Crippen LogP contribution in [0.4, 0.5) is 17.1 Å². The molecule has 2 aromatic heterocycles. The van der Waals surface area contributed by atoms with Gasteiger partial charge in [0.2, 0.25) is 0 Å². The lowest BCUT2D eigenvalue weighted by Crippen LogP contribution is -2.10. The first-order valence-electron chi connectivity index (χ1n) is 18.8. The predicted molar refractivity (Wildman–Crippen MR) is 237 cm³/mol. The third-order valence-corrected chi connectivity index (χ3v) is 12.1. The molecule has 0 radical (unpaired) electrons. The molecule has 258 valence electrons. The summed E-state index contributed by atoms with van der Waals surface area (Å²) in [5, 5.41) is 7.74. The van der Waals surface area contributed by atoms with E-state index in [9.17, 15) is 0 Å². The number of aromatic nitrogens is 1. The van der Waals surface area contributed by atoms with Crippen LogP contribution in [0.15, 0.2) is 206 Å². The van der Waals surface area contributed by atoms with Crippen LogP contribution in [0, 0.1) is 0 Å². The number of rotatable bonds is 6. The second-order valence-electron chi connectivity index (χ2n) is 14.1. The molecule has 0 unspecified atom stereocenters. The summed E-state index contributed by atoms with van der Waals surface area (Å²) in [5.74, 6) is 0. The second kappa shape index (κ2) is 12.9. The van der Waals surface area contributed by atoms with E-state index in [0.717, 1.165) is 22.7 Å². The number of hydrogen-bond donors (Lipinski definition) is 0. The molecule has 0 fully saturated rings. The number of benzene rings is 9. The molecule has 0 amide bonds. The van der Waals surface area contributed by atoms with Crippen LogP contribution in [0.2, 0.25) is 0 Å². The minimum absolute atomic E-state index is 1.10. The van der Waals surface area contributed by atoms with E-state index < -0.39 is 0 Å². The Morgan fingerprint density at radius 1 is 0.364 bits per heavy atom. The summed E-state index contributed by atoms with van der Waals surface area (Å²) in [6.45, 7) is 0. The van der Waals surface area contributed by atoms with E-state index in [1.54, 1.807) is 0 Å². The first-order chi connectivity index (χ1) is 27.3. The zero-order valence-corrected chi connectivity index (χ0v) is 30.7. The van der Waals surface area contributed by atoms with Crippen LogP contribution < -0.4 is 4.90 Å². The molecule has 0 aliphatic carbocycles. The summed E-state index contributed by atoms with van der Waals surface area (Å²) in [4.78, 5) is 2.39. The Morgan fingerprint density at radius 3 is 1.76 bits per heavy atom. The Kier molecular flexibility index (Phi) is 7.39. The van der Waals surface area contributed by atoms with Gasteiger partial charge in [0.15, 0.2) is 0 Å². The smallest absolute Gasteiger partial charge is 0.0561 e. The van der Waals surface area contributed by atoms with E-state index in [2.05, 4.69) is 216 Å². The van der Waals surface area contributed by atoms with Gasteiger partial charge in [-0.05, 0) is 99.8 Å². The highest BCUT2D eigenvalue weighted by molar-refractivity contribution is 7.26. The number of fused-ring (bicyclic) bond motifs is 8. The Bertz CT molecular complexity index is 3180. The van der Waals surface area contributed by atoms with Crippen molar-refractivity contribution in [3.8, 4) is 27.9 Å². The zero-order chi connectivity index (χ0) is 36.3. The van der Waals surface area contributed by atoms with Crippen molar-refractivity contribution in [2.75, 3.05) is 4.90 Å². The first kappa shape index (κ1) is 31.6. The minimum atomic E-state index is 1.10. The highest BCUT2D eigenvalue weighted by atomic mass is 32.1. The Morgan fingerprint density at radius 2 is 0.982 bits per heavy atom. The van der Waals surface area contributed by atoms with E-state index in [1.807, 2.05) is 11.3 Å². The van der Waals surface area contributed by atoms with Gasteiger partial charge < -0.3 is 9.47 Å². The van der Waals surface area contributed by atoms with Crippen LogP contribution in [0.3, 0.4) is 0 Å². The van der Waals surface area contributed by atoms with Crippen LogP contribution in [0.25, 0.3) is 80.7 Å². The van der Waals surface area contributed by atoms with Crippen molar-refractivity contribution >= 4 is 81.1 Å². The molecular formula is C52H34N2S. The third kappa shape index (κ3) is 5.24. The molecule has 0 saturated carbocycles. The number of para-hydroxylation sites is 2. The van der Waals surface area contributed by atoms with Crippen molar-refractivity contribution in [2.45, 2.75) is 0 Å². The fourth-order valence-electron chi connectivity index (χ4n) is 8.46. The van der Waals surface area contributed by atoms with Crippen LogP contribution in [-0.2, 0) is 0 Å². The lowest BCUT2D eigenvalue weighted by molar-refractivity contribution is 1.18. The topological polar surface area (TPSA) is 8.17 Å². The van der Waals surface area contributed by atoms with Crippen LogP contribution in [0.5, 0.6) is 0 Å². The maximum atomic E-state index is 2.39. The maximum Gasteiger partial charge on any atom is 0.0561 e. The molecule has 0 saturated heterocycles. The van der Waals surface area contributed by atoms with Gasteiger partial charge in [-0.25, -0.2) is 0 Å². The van der Waals surface area contributed by atoms with Crippen molar-refractivity contribution in [3.05, 3.63) is 206 Å². The Hall–Kier alpha value is -6.94. The molecule has 55 heavy (non-hydrogen) atoms. The van der Waals surface area contributed by atoms with Gasteiger partial charge in [0.25, 0.3) is 0 Å². The summed E-state index contributed by atoms with van der Waals surface area (Å²) in [6.07, 6.45) is 0. The first-order valence-corrected chi connectivity index (χ1v) is 19.6. The Labute approximate surface area is 323 Å². The Balaban J connectivity index is 1.09. The van der Waals surface area contributed by atoms with Crippen LogP contribution in [0.1, 0.15) is 0 Å². The maximum absolute atomic E-state index is 2.39. The number of thiophene rings is 1. The van der Waals surface area contributed by atoms with Crippen molar-refractivity contribution in [3.63, 3.8) is 0 Å². The molecule has 2 nitrogen and oxygen atoms in total. The molecule has 0 atom stereocenters. The molecule has 0 bridgehead atoms. The van der Waals surface area contributed by atoms with Gasteiger partial charge in [-0.1, -0.05) is 140 Å². The summed E-state index contributed by atoms with van der Waals surface area (Å²) < 4.78 is 5.04. The van der Waals surface area contributed by atoms with Crippen molar-refractivity contribution < 1.29 is 0 Å². The number of hydrogen-bond acceptors (Lipinski definition) is 2. The van der Waals surface area contributed by atoms with Gasteiger partial charge in [0, 0.05) is 53.7 Å². The van der Waals surface area contributed by atoms with Gasteiger partial charge >= 0.3 is 0 Å². The molecule has 9 aromatic carbocycles. The molecular weight excluding hydrogens is 685 g/mol. The quantitative estimate of drug-likeness (QED) is 0.166. The second-order valence-corrected chi connectivity index (χ2v) is 15.2. The standard InChI is InChI=1S/C52H34N2S/c1-3-12-35(13-4-1)36-22-27-40(28-23-36)53(42-31-32-45-44-17-7-9-20-47(44)54(48(45)34-42)39-15-5-2-6-16-39)41-29-24-37(25-30-41)43-19-11-14-38-26-33-50-52(51(38)43)46-18-8-10-21-49(46)55-50/h1-34H. The van der Waals surface area contributed by atoms with E-state index in [1.165, 1.54) is 75.0 Å². The summed E-state index contributed by atoms with van der Waals surface area (Å²) in [5.41, 5.74) is 11.7. The van der Waals surface area contributed by atoms with Crippen molar-refractivity contribution in [2.24, 2.45) is 0 Å². The van der Waals surface area contributed by atoms with E-state index in [4.69, 9.17) is 0 Å². The third-order valence-electron chi connectivity index (χ3n) is 11.0. The molecule has 3 heteroatoms. The molecule has 11 aromatic rings. The van der Waals surface area contributed by atoms with Crippen LogP contribution >= 0.6 is 11.3 Å². The number of nitrogens with zero attached hydrogens (tertiary/aromatic N) is 2. The average molecular weight is 719 g/mol. The van der Waals surface area contributed by atoms with Crippen molar-refractivity contribution in [1.82, 2.24) is 4.57 Å². The molecule has 11 rings (SSSR count). The fourth-order valence-corrected chi connectivity index (χ4v) is 9.57. The summed E-state index contributed by atoms with van der Waals surface area (Å²) in [7, 11) is 0. The van der Waals surface area contributed by atoms with Gasteiger partial charge in [0.1, 0.15) is 0 Å². The van der Waals surface area contributed by atoms with Gasteiger partial charge in [-0.2, -0.15) is 0 Å². The largest absolute Gasteiger partial charge is 0.310 e. The lowest BCUT2D eigenvalue weighted by Gasteiger charge is -2.26.